The van der Waals surface area contributed by atoms with Crippen molar-refractivity contribution in [3.8, 4) is 0 Å². The van der Waals surface area contributed by atoms with Gasteiger partial charge in [-0.15, -0.1) is 0 Å². The van der Waals surface area contributed by atoms with E-state index in [1.165, 1.54) is 27.7 Å². The number of imidazole rings is 1. The number of allylic oxidation sites excluding steroid dienone is 6. The minimum atomic E-state index is -0.000351. The Kier molecular flexibility index (Phi) is 3.54. The Balaban J connectivity index is 1.52. The third kappa shape index (κ3) is 2.36. The molecule has 0 radical (unpaired) electrons. The number of aromatic nitrogens is 4. The summed E-state index contributed by atoms with van der Waals surface area (Å²) >= 11 is 0. The number of carbonyl (C=O) groups is 1. The van der Waals surface area contributed by atoms with Gasteiger partial charge in [-0.1, -0.05) is 12.2 Å². The van der Waals surface area contributed by atoms with Gasteiger partial charge in [0.15, 0.2) is 5.78 Å². The fraction of sp³-hybridized carbons (Fsp3) is 0.292. The Labute approximate surface area is 168 Å². The molecule has 144 valence electrons. The highest BCUT2D eigenvalue weighted by Gasteiger charge is 2.34. The molecule has 1 atom stereocenters. The predicted molar refractivity (Wildman–Crippen MR) is 113 cm³/mol. The van der Waals surface area contributed by atoms with Crippen LogP contribution in [0.15, 0.2) is 48.6 Å². The molecule has 1 aliphatic heterocycles. The van der Waals surface area contributed by atoms with Crippen LogP contribution in [0.25, 0.3) is 22.2 Å². The summed E-state index contributed by atoms with van der Waals surface area (Å²) in [4.78, 5) is 25.4. The maximum Gasteiger partial charge on any atom is 0.168 e. The summed E-state index contributed by atoms with van der Waals surface area (Å²) in [5.74, 6) is 0.250. The highest BCUT2D eigenvalue weighted by Crippen LogP contribution is 2.43. The first-order chi connectivity index (χ1) is 14.2. The lowest BCUT2D eigenvalue weighted by atomic mass is 9.82. The van der Waals surface area contributed by atoms with E-state index < -0.39 is 0 Å². The van der Waals surface area contributed by atoms with Crippen molar-refractivity contribution in [2.24, 2.45) is 5.92 Å². The van der Waals surface area contributed by atoms with Crippen molar-refractivity contribution in [2.75, 3.05) is 0 Å². The van der Waals surface area contributed by atoms with Crippen LogP contribution in [-0.4, -0.2) is 25.3 Å². The first kappa shape index (κ1) is 16.7. The van der Waals surface area contributed by atoms with Gasteiger partial charge < -0.3 is 9.55 Å². The molecule has 2 aliphatic carbocycles. The molecule has 3 aromatic heterocycles. The van der Waals surface area contributed by atoms with Gasteiger partial charge in [-0.25, -0.2) is 4.98 Å². The van der Waals surface area contributed by atoms with Gasteiger partial charge in [-0.2, -0.15) is 0 Å². The van der Waals surface area contributed by atoms with E-state index in [1.54, 1.807) is 6.33 Å². The SMILES string of the molecule is Cc1nc[nH]c1CC1CCC2=C(C=CC3=CCCc4c3n2c2ccncc42)C1=O. The van der Waals surface area contributed by atoms with E-state index >= 15 is 0 Å². The molecular weight excluding hydrogens is 360 g/mol. The van der Waals surface area contributed by atoms with Gasteiger partial charge in [0.1, 0.15) is 0 Å². The number of Topliss-reactive ketones (excluding diaryl/α,β-unsaturated/α-hetero) is 1. The van der Waals surface area contributed by atoms with Gasteiger partial charge in [0.05, 0.1) is 23.2 Å². The molecule has 0 saturated carbocycles. The minimum absolute atomic E-state index is 0.000351. The average Bonchev–Trinajstić information content (AvgIpc) is 3.24. The smallest absolute Gasteiger partial charge is 0.168 e. The number of hydrogen-bond donors (Lipinski definition) is 1. The highest BCUT2D eigenvalue weighted by atomic mass is 16.1. The summed E-state index contributed by atoms with van der Waals surface area (Å²) in [5.41, 5.74) is 9.10. The third-order valence-electron chi connectivity index (χ3n) is 6.67. The van der Waals surface area contributed by atoms with Crippen molar-refractivity contribution < 1.29 is 4.79 Å². The molecule has 0 fully saturated rings. The van der Waals surface area contributed by atoms with Crippen LogP contribution in [0.4, 0.5) is 0 Å². The van der Waals surface area contributed by atoms with Crippen molar-refractivity contribution in [1.82, 2.24) is 19.5 Å². The van der Waals surface area contributed by atoms with Gasteiger partial charge in [0, 0.05) is 40.7 Å². The summed E-state index contributed by atoms with van der Waals surface area (Å²) < 4.78 is 2.35. The van der Waals surface area contributed by atoms with Crippen molar-refractivity contribution in [2.45, 2.75) is 39.0 Å². The van der Waals surface area contributed by atoms with Gasteiger partial charge in [0.2, 0.25) is 0 Å². The van der Waals surface area contributed by atoms with E-state index in [1.807, 2.05) is 19.3 Å². The molecule has 0 saturated heterocycles. The molecule has 1 unspecified atom stereocenters. The van der Waals surface area contributed by atoms with Crippen LogP contribution in [0.3, 0.4) is 0 Å². The molecule has 0 spiro atoms. The quantitative estimate of drug-likeness (QED) is 0.714. The van der Waals surface area contributed by atoms with E-state index in [9.17, 15) is 4.79 Å². The van der Waals surface area contributed by atoms with E-state index in [4.69, 9.17) is 0 Å². The van der Waals surface area contributed by atoms with Crippen LogP contribution >= 0.6 is 0 Å². The molecule has 1 N–H and O–H groups in total. The van der Waals surface area contributed by atoms with Crippen LogP contribution in [0.5, 0.6) is 0 Å². The number of aryl methyl sites for hydroxylation is 2. The molecule has 3 aromatic rings. The van der Waals surface area contributed by atoms with E-state index in [0.29, 0.717) is 0 Å². The largest absolute Gasteiger partial charge is 0.348 e. The number of hydrogen-bond acceptors (Lipinski definition) is 3. The second kappa shape index (κ2) is 6.14. The molecule has 3 aliphatic rings. The molecule has 6 rings (SSSR count). The number of fused-ring (bicyclic) bond motifs is 4. The van der Waals surface area contributed by atoms with Crippen molar-refractivity contribution in [1.29, 1.82) is 0 Å². The summed E-state index contributed by atoms with van der Waals surface area (Å²) in [5, 5.41) is 1.22. The zero-order valence-electron chi connectivity index (χ0n) is 16.4. The van der Waals surface area contributed by atoms with Crippen LogP contribution < -0.4 is 0 Å². The van der Waals surface area contributed by atoms with Crippen LogP contribution in [0.2, 0.25) is 0 Å². The number of nitrogens with zero attached hydrogens (tertiary/aromatic N) is 3. The lowest BCUT2D eigenvalue weighted by molar-refractivity contribution is -0.119. The van der Waals surface area contributed by atoms with Crippen molar-refractivity contribution in [3.63, 3.8) is 0 Å². The standard InChI is InChI=1S/C24H22N4O/c1-14-20(27-13-26-14)11-16-6-8-21-18(24(16)29)7-5-15-3-2-4-17-19-12-25-10-9-22(19)28(21)23(15)17/h3,5,7,9-10,12-13,16H,2,4,6,8,11H2,1H3,(H,26,27). The maximum absolute atomic E-state index is 13.5. The second-order valence-electron chi connectivity index (χ2n) is 8.22. The summed E-state index contributed by atoms with van der Waals surface area (Å²) in [6.07, 6.45) is 16.6. The zero-order valence-corrected chi connectivity index (χ0v) is 16.4. The average molecular weight is 382 g/mol. The lowest BCUT2D eigenvalue weighted by Gasteiger charge is -2.26. The first-order valence-electron chi connectivity index (χ1n) is 10.3. The van der Waals surface area contributed by atoms with Gasteiger partial charge in [-0.05, 0) is 62.3 Å². The van der Waals surface area contributed by atoms with E-state index in [-0.39, 0.29) is 11.7 Å². The fourth-order valence-electron chi connectivity index (χ4n) is 5.21. The normalized spacial score (nSPS) is 20.5. The van der Waals surface area contributed by atoms with Crippen molar-refractivity contribution >= 4 is 28.0 Å². The number of nitrogens with one attached hydrogen (secondary N) is 1. The van der Waals surface area contributed by atoms with E-state index in [2.05, 4.69) is 43.8 Å². The number of rotatable bonds is 2. The van der Waals surface area contributed by atoms with Gasteiger partial charge >= 0.3 is 0 Å². The fourth-order valence-corrected chi connectivity index (χ4v) is 5.21. The second-order valence-corrected chi connectivity index (χ2v) is 8.22. The Morgan fingerprint density at radius 1 is 1.28 bits per heavy atom. The van der Waals surface area contributed by atoms with Crippen LogP contribution in [0.1, 0.15) is 41.9 Å². The molecule has 5 nitrogen and oxygen atoms in total. The highest BCUT2D eigenvalue weighted by molar-refractivity contribution is 6.09. The predicted octanol–water partition coefficient (Wildman–Crippen LogP) is 4.40. The third-order valence-corrected chi connectivity index (χ3v) is 6.67. The maximum atomic E-state index is 13.5. The Hall–Kier alpha value is -3.21. The summed E-state index contributed by atoms with van der Waals surface area (Å²) in [7, 11) is 0. The molecule has 4 heterocycles. The Morgan fingerprint density at radius 3 is 3.07 bits per heavy atom. The summed E-state index contributed by atoms with van der Waals surface area (Å²) in [6, 6.07) is 2.09. The lowest BCUT2D eigenvalue weighted by Crippen LogP contribution is -2.25. The Morgan fingerprint density at radius 2 is 2.21 bits per heavy atom. The van der Waals surface area contributed by atoms with E-state index in [0.717, 1.165) is 54.8 Å². The number of pyridine rings is 1. The molecule has 0 amide bonds. The number of H-pyrrole nitrogens is 1. The monoisotopic (exact) mass is 382 g/mol. The zero-order chi connectivity index (χ0) is 19.5. The van der Waals surface area contributed by atoms with Gasteiger partial charge in [-0.3, -0.25) is 9.78 Å². The van der Waals surface area contributed by atoms with Crippen LogP contribution in [-0.2, 0) is 17.6 Å². The molecular formula is C24H22N4O. The van der Waals surface area contributed by atoms with Gasteiger partial charge in [0.25, 0.3) is 0 Å². The Bertz CT molecular complexity index is 1270. The number of carbonyl (C=O) groups excluding carboxylic acids is 1. The first-order valence-corrected chi connectivity index (χ1v) is 10.3. The minimum Gasteiger partial charge on any atom is -0.348 e. The topological polar surface area (TPSA) is 63.6 Å². The van der Waals surface area contributed by atoms with Crippen LogP contribution in [0, 0.1) is 12.8 Å². The number of ketones is 1. The molecule has 29 heavy (non-hydrogen) atoms. The molecule has 0 bridgehead atoms. The molecule has 5 heteroatoms. The number of aromatic amines is 1. The summed E-state index contributed by atoms with van der Waals surface area (Å²) in [6.45, 7) is 2.00. The van der Waals surface area contributed by atoms with Crippen molar-refractivity contribution in [3.05, 3.63) is 71.2 Å². The molecule has 0 aromatic carbocycles.